The molecule has 1 aromatic heterocycles. The fourth-order valence-corrected chi connectivity index (χ4v) is 2.00. The summed E-state index contributed by atoms with van der Waals surface area (Å²) < 4.78 is 5.65. The van der Waals surface area contributed by atoms with Crippen LogP contribution in [-0.4, -0.2) is 22.8 Å². The van der Waals surface area contributed by atoms with E-state index in [1.165, 1.54) is 25.7 Å². The molecule has 0 radical (unpaired) electrons. The monoisotopic (exact) mass is 267 g/mol. The van der Waals surface area contributed by atoms with Crippen molar-refractivity contribution < 1.29 is 4.42 Å². The van der Waals surface area contributed by atoms with Crippen LogP contribution >= 0.6 is 0 Å². The van der Waals surface area contributed by atoms with Gasteiger partial charge in [-0.3, -0.25) is 0 Å². The fourth-order valence-electron chi connectivity index (χ4n) is 2.00. The van der Waals surface area contributed by atoms with Crippen LogP contribution in [0, 0.1) is 0 Å². The Bertz CT molecular complexity index is 323. The molecule has 1 rings (SSSR count). The molecule has 0 aromatic carbocycles. The van der Waals surface area contributed by atoms with E-state index in [-0.39, 0.29) is 0 Å². The van der Waals surface area contributed by atoms with Crippen LogP contribution in [0.3, 0.4) is 0 Å². The first-order chi connectivity index (χ1) is 9.22. The Morgan fingerprint density at radius 2 is 1.58 bits per heavy atom. The van der Waals surface area contributed by atoms with Crippen LogP contribution in [-0.2, 0) is 12.8 Å². The molecule has 4 nitrogen and oxygen atoms in total. The van der Waals surface area contributed by atoms with Crippen molar-refractivity contribution in [1.29, 1.82) is 0 Å². The molecule has 0 bridgehead atoms. The van der Waals surface area contributed by atoms with Crippen LogP contribution in [0.2, 0.25) is 0 Å². The molecule has 0 amide bonds. The summed E-state index contributed by atoms with van der Waals surface area (Å²) >= 11 is 0. The molecule has 1 N–H and O–H groups in total. The first-order valence-corrected chi connectivity index (χ1v) is 7.77. The summed E-state index contributed by atoms with van der Waals surface area (Å²) in [4.78, 5) is 0. The van der Waals surface area contributed by atoms with Gasteiger partial charge in [-0.1, -0.05) is 46.5 Å². The van der Waals surface area contributed by atoms with Gasteiger partial charge in [0.15, 0.2) is 0 Å². The van der Waals surface area contributed by atoms with Gasteiger partial charge in [0.1, 0.15) is 0 Å². The maximum absolute atomic E-state index is 5.65. The largest absolute Gasteiger partial charge is 0.425 e. The topological polar surface area (TPSA) is 51.0 Å². The van der Waals surface area contributed by atoms with Gasteiger partial charge in [-0.05, 0) is 19.4 Å². The second-order valence-electron chi connectivity index (χ2n) is 5.47. The van der Waals surface area contributed by atoms with Crippen molar-refractivity contribution in [1.82, 2.24) is 15.5 Å². The smallest absolute Gasteiger partial charge is 0.216 e. The van der Waals surface area contributed by atoms with Gasteiger partial charge in [0, 0.05) is 18.9 Å². The lowest BCUT2D eigenvalue weighted by Crippen LogP contribution is -2.23. The summed E-state index contributed by atoms with van der Waals surface area (Å²) in [5.74, 6) is 1.59. The van der Waals surface area contributed by atoms with Crippen molar-refractivity contribution in [3.63, 3.8) is 0 Å². The van der Waals surface area contributed by atoms with E-state index in [4.69, 9.17) is 4.42 Å². The van der Waals surface area contributed by atoms with Crippen molar-refractivity contribution in [3.05, 3.63) is 11.8 Å². The molecule has 0 saturated heterocycles. The molecule has 4 heteroatoms. The lowest BCUT2D eigenvalue weighted by molar-refractivity contribution is 0.431. The number of unbranched alkanes of at least 4 members (excludes halogenated alkanes) is 4. The molecule has 0 aliphatic rings. The maximum atomic E-state index is 5.65. The zero-order valence-electron chi connectivity index (χ0n) is 12.7. The van der Waals surface area contributed by atoms with Crippen molar-refractivity contribution >= 4 is 0 Å². The van der Waals surface area contributed by atoms with Crippen LogP contribution in [0.25, 0.3) is 0 Å². The molecule has 1 heterocycles. The number of nitrogens with one attached hydrogen (secondary N) is 1. The lowest BCUT2D eigenvalue weighted by atomic mass is 10.1. The van der Waals surface area contributed by atoms with E-state index in [1.807, 2.05) is 0 Å². The van der Waals surface area contributed by atoms with Crippen LogP contribution < -0.4 is 5.32 Å². The third kappa shape index (κ3) is 7.98. The number of rotatable bonds is 11. The average Bonchev–Trinajstić information content (AvgIpc) is 2.82. The highest BCUT2D eigenvalue weighted by Gasteiger charge is 2.05. The Morgan fingerprint density at radius 1 is 0.947 bits per heavy atom. The van der Waals surface area contributed by atoms with Gasteiger partial charge in [-0.2, -0.15) is 0 Å². The Labute approximate surface area is 117 Å². The number of nitrogens with zero attached hydrogens (tertiary/aromatic N) is 2. The predicted molar refractivity (Wildman–Crippen MR) is 78.2 cm³/mol. The highest BCUT2D eigenvalue weighted by atomic mass is 16.4. The van der Waals surface area contributed by atoms with Crippen LogP contribution in [0.15, 0.2) is 4.42 Å². The van der Waals surface area contributed by atoms with E-state index >= 15 is 0 Å². The number of hydrogen-bond donors (Lipinski definition) is 1. The Morgan fingerprint density at radius 3 is 2.21 bits per heavy atom. The summed E-state index contributed by atoms with van der Waals surface area (Å²) in [7, 11) is 0. The SMILES string of the molecule is CCCCCCCc1nnc(CCCNC(C)C)o1. The van der Waals surface area contributed by atoms with E-state index in [9.17, 15) is 0 Å². The predicted octanol–water partition coefficient (Wildman–Crippen LogP) is 3.51. The zero-order chi connectivity index (χ0) is 13.9. The molecular formula is C15H29N3O. The molecule has 0 fully saturated rings. The summed E-state index contributed by atoms with van der Waals surface area (Å²) in [5.41, 5.74) is 0. The highest BCUT2D eigenvalue weighted by Crippen LogP contribution is 2.09. The Hall–Kier alpha value is -0.900. The van der Waals surface area contributed by atoms with Crippen molar-refractivity contribution in [2.45, 2.75) is 78.2 Å². The van der Waals surface area contributed by atoms with Gasteiger partial charge in [0.05, 0.1) is 0 Å². The van der Waals surface area contributed by atoms with Gasteiger partial charge >= 0.3 is 0 Å². The first-order valence-electron chi connectivity index (χ1n) is 7.77. The van der Waals surface area contributed by atoms with E-state index in [1.54, 1.807) is 0 Å². The summed E-state index contributed by atoms with van der Waals surface area (Å²) in [6.07, 6.45) is 9.23. The van der Waals surface area contributed by atoms with E-state index in [2.05, 4.69) is 36.3 Å². The van der Waals surface area contributed by atoms with Gasteiger partial charge in [0.2, 0.25) is 11.8 Å². The third-order valence-corrected chi connectivity index (χ3v) is 3.12. The van der Waals surface area contributed by atoms with E-state index in [0.717, 1.165) is 44.0 Å². The minimum absolute atomic E-state index is 0.543. The van der Waals surface area contributed by atoms with Crippen LogP contribution in [0.4, 0.5) is 0 Å². The summed E-state index contributed by atoms with van der Waals surface area (Å²) in [5, 5.41) is 11.6. The second kappa shape index (κ2) is 9.96. The van der Waals surface area contributed by atoms with Crippen LogP contribution in [0.1, 0.15) is 71.1 Å². The zero-order valence-corrected chi connectivity index (χ0v) is 12.7. The number of aryl methyl sites for hydroxylation is 2. The molecule has 0 atom stereocenters. The minimum Gasteiger partial charge on any atom is -0.425 e. The van der Waals surface area contributed by atoms with Crippen LogP contribution in [0.5, 0.6) is 0 Å². The maximum Gasteiger partial charge on any atom is 0.216 e. The quantitative estimate of drug-likeness (QED) is 0.623. The molecule has 110 valence electrons. The molecular weight excluding hydrogens is 238 g/mol. The highest BCUT2D eigenvalue weighted by molar-refractivity contribution is 4.82. The van der Waals surface area contributed by atoms with E-state index in [0.29, 0.717) is 6.04 Å². The van der Waals surface area contributed by atoms with Gasteiger partial charge < -0.3 is 9.73 Å². The summed E-state index contributed by atoms with van der Waals surface area (Å²) in [6.45, 7) is 7.55. The average molecular weight is 267 g/mol. The van der Waals surface area contributed by atoms with Crippen molar-refractivity contribution in [2.75, 3.05) is 6.54 Å². The lowest BCUT2D eigenvalue weighted by Gasteiger charge is -2.05. The molecule has 0 aliphatic heterocycles. The van der Waals surface area contributed by atoms with Crippen molar-refractivity contribution in [3.8, 4) is 0 Å². The number of hydrogen-bond acceptors (Lipinski definition) is 4. The Balaban J connectivity index is 2.10. The first kappa shape index (κ1) is 16.2. The minimum atomic E-state index is 0.543. The Kier molecular flexibility index (Phi) is 8.47. The van der Waals surface area contributed by atoms with E-state index < -0.39 is 0 Å². The van der Waals surface area contributed by atoms with Crippen molar-refractivity contribution in [2.24, 2.45) is 0 Å². The molecule has 0 aliphatic carbocycles. The van der Waals surface area contributed by atoms with Gasteiger partial charge in [-0.25, -0.2) is 0 Å². The molecule has 0 spiro atoms. The molecule has 19 heavy (non-hydrogen) atoms. The number of aromatic nitrogens is 2. The second-order valence-corrected chi connectivity index (χ2v) is 5.47. The standard InChI is InChI=1S/C15H29N3O/c1-4-5-6-7-8-10-14-17-18-15(19-14)11-9-12-16-13(2)3/h13,16H,4-12H2,1-3H3. The molecule has 1 aromatic rings. The van der Waals surface area contributed by atoms with Gasteiger partial charge in [0.25, 0.3) is 0 Å². The molecule has 0 saturated carbocycles. The molecule has 0 unspecified atom stereocenters. The normalized spacial score (nSPS) is 11.4. The summed E-state index contributed by atoms with van der Waals surface area (Å²) in [6, 6.07) is 0.543. The van der Waals surface area contributed by atoms with Gasteiger partial charge in [-0.15, -0.1) is 10.2 Å². The third-order valence-electron chi connectivity index (χ3n) is 3.12. The fraction of sp³-hybridized carbons (Fsp3) is 0.867.